The molecule has 15 heteroatoms. The number of nitrogens with zero attached hydrogens (tertiary/aromatic N) is 1. The Morgan fingerprint density at radius 2 is 1.37 bits per heavy atom. The van der Waals surface area contributed by atoms with Crippen LogP contribution in [0.2, 0.25) is 0 Å². The average Bonchev–Trinajstić information content (AvgIpc) is 2.57. The van der Waals surface area contributed by atoms with E-state index in [4.69, 9.17) is 25.3 Å². The first kappa shape index (κ1) is 27.8. The van der Waals surface area contributed by atoms with E-state index >= 15 is 0 Å². The third kappa shape index (κ3) is 8.69. The highest BCUT2D eigenvalue weighted by Gasteiger charge is 2.54. The molecule has 0 bridgehead atoms. The van der Waals surface area contributed by atoms with Crippen molar-refractivity contribution in [3.8, 4) is 0 Å². The smallest absolute Gasteiger partial charge is 0.459 e. The van der Waals surface area contributed by atoms with E-state index in [-0.39, 0.29) is 0 Å². The minimum absolute atomic E-state index is 0.449. The largest absolute Gasteiger partial charge is 0.465 e. The van der Waals surface area contributed by atoms with Crippen molar-refractivity contribution in [3.63, 3.8) is 0 Å². The average molecular weight is 461 g/mol. The molecule has 0 aromatic carbocycles. The fraction of sp³-hybridized carbons (Fsp3) is 0.533. The summed E-state index contributed by atoms with van der Waals surface area (Å²) >= 11 is 0. The Labute approximate surface area is 170 Å². The number of hydrogen-bond acceptors (Lipinski definition) is 8. The summed E-state index contributed by atoms with van der Waals surface area (Å²) < 4.78 is 92.9. The third-order valence-electron chi connectivity index (χ3n) is 2.88. The zero-order valence-electron chi connectivity index (χ0n) is 14.9. The third-order valence-corrected chi connectivity index (χ3v) is 3.69. The molecule has 0 heterocycles. The molecular formula is C15H15F4NO9S. The molecule has 0 unspecified atom stereocenters. The first-order chi connectivity index (χ1) is 13.3. The lowest BCUT2D eigenvalue weighted by Crippen LogP contribution is -2.44. The molecule has 0 aromatic rings. The summed E-state index contributed by atoms with van der Waals surface area (Å²) in [5, 5.41) is -5.30. The molecule has 0 aliphatic carbocycles. The zero-order valence-corrected chi connectivity index (χ0v) is 15.7. The lowest BCUT2D eigenvalue weighted by Gasteiger charge is -2.28. The normalized spacial score (nSPS) is 12.8. The Morgan fingerprint density at radius 1 is 0.933 bits per heavy atom. The van der Waals surface area contributed by atoms with E-state index in [1.54, 1.807) is 0 Å². The Morgan fingerprint density at radius 3 is 1.73 bits per heavy atom. The van der Waals surface area contributed by atoms with Crippen molar-refractivity contribution >= 4 is 28.1 Å². The topological polar surface area (TPSA) is 137 Å². The van der Waals surface area contributed by atoms with Gasteiger partial charge in [-0.3, -0.25) is 4.55 Å². The summed E-state index contributed by atoms with van der Waals surface area (Å²) in [5.41, 5.74) is -2.22. The van der Waals surface area contributed by atoms with Gasteiger partial charge in [-0.05, 0) is 13.3 Å². The van der Waals surface area contributed by atoms with E-state index in [1.807, 2.05) is 0 Å². The summed E-state index contributed by atoms with van der Waals surface area (Å²) in [6.45, 7) is 16.3. The Kier molecular flexibility index (Phi) is 9.50. The van der Waals surface area contributed by atoms with E-state index in [0.29, 0.717) is 4.90 Å². The van der Waals surface area contributed by atoms with Gasteiger partial charge in [-0.25, -0.2) is 14.4 Å². The van der Waals surface area contributed by atoms with Crippen molar-refractivity contribution in [2.75, 3.05) is 26.3 Å². The number of hydrogen-bond donors (Lipinski definition) is 1. The lowest BCUT2D eigenvalue weighted by molar-refractivity contribution is -0.166. The van der Waals surface area contributed by atoms with Crippen LogP contribution in [0.5, 0.6) is 0 Å². The van der Waals surface area contributed by atoms with Gasteiger partial charge in [-0.1, -0.05) is 0 Å². The number of carbonyl (C=O) groups is 3. The molecule has 0 saturated heterocycles. The van der Waals surface area contributed by atoms with Crippen LogP contribution in [0.4, 0.5) is 22.4 Å². The molecule has 0 rings (SSSR count). The summed E-state index contributed by atoms with van der Waals surface area (Å²) in [5.74, 6) is -9.18. The molecule has 1 N–H and O–H groups in total. The quantitative estimate of drug-likeness (QED) is 0.203. The van der Waals surface area contributed by atoms with E-state index in [2.05, 4.69) is 21.1 Å². The van der Waals surface area contributed by atoms with E-state index < -0.39 is 77.7 Å². The maximum atomic E-state index is 13.1. The lowest BCUT2D eigenvalue weighted by atomic mass is 10.1. The van der Waals surface area contributed by atoms with Crippen LogP contribution in [-0.4, -0.2) is 79.0 Å². The summed E-state index contributed by atoms with van der Waals surface area (Å²) in [6, 6.07) is 0. The summed E-state index contributed by atoms with van der Waals surface area (Å²) in [4.78, 5) is 34.4. The minimum Gasteiger partial charge on any atom is -0.459 e. The van der Waals surface area contributed by atoms with Gasteiger partial charge < -0.3 is 19.1 Å². The molecule has 0 fully saturated rings. The van der Waals surface area contributed by atoms with E-state index in [0.717, 1.165) is 0 Å². The van der Waals surface area contributed by atoms with Crippen molar-refractivity contribution in [1.82, 2.24) is 4.90 Å². The summed E-state index contributed by atoms with van der Waals surface area (Å²) in [7, 11) is -6.13. The second kappa shape index (κ2) is 10.2. The van der Waals surface area contributed by atoms with Gasteiger partial charge in [-0.2, -0.15) is 26.0 Å². The molecule has 0 aromatic heterocycles. The van der Waals surface area contributed by atoms with Gasteiger partial charge in [-0.15, -0.1) is 0 Å². The fourth-order valence-corrected chi connectivity index (χ4v) is 1.62. The Hall–Kier alpha value is -2.16. The molecule has 0 atom stereocenters. The van der Waals surface area contributed by atoms with Crippen LogP contribution in [0.25, 0.3) is 0 Å². The van der Waals surface area contributed by atoms with Gasteiger partial charge in [0.25, 0.3) is 0 Å². The highest BCUT2D eigenvalue weighted by atomic mass is 32.2. The van der Waals surface area contributed by atoms with Crippen molar-refractivity contribution in [1.29, 1.82) is 0 Å². The predicted molar refractivity (Wildman–Crippen MR) is 86.0 cm³/mol. The standard InChI is InChI=1S/C15H15F4NO9S/c1-5-13(2,3)29-12(23)20(6-8-27-10(21)14(4,16)17)7-9-28-11(22)15(18,19)30(24,25)26/h1-4H,5-9H2,(H,24,25,26). The molecule has 8 radical (unpaired) electrons. The minimum atomic E-state index is -6.13. The van der Waals surface area contributed by atoms with Crippen LogP contribution in [0.3, 0.4) is 0 Å². The molecular weight excluding hydrogens is 446 g/mol. The molecule has 0 aliphatic heterocycles. The molecule has 0 saturated carbocycles. The van der Waals surface area contributed by atoms with Crippen LogP contribution in [0.15, 0.2) is 0 Å². The van der Waals surface area contributed by atoms with Gasteiger partial charge in [0.15, 0.2) is 0 Å². The monoisotopic (exact) mass is 461 g/mol. The maximum Gasteiger partial charge on any atom is 0.465 e. The van der Waals surface area contributed by atoms with Gasteiger partial charge in [0.1, 0.15) is 18.8 Å². The number of alkyl halides is 4. The Balaban J connectivity index is 5.06. The van der Waals surface area contributed by atoms with Crippen LogP contribution in [0.1, 0.15) is 6.42 Å². The van der Waals surface area contributed by atoms with Gasteiger partial charge in [0.2, 0.25) is 0 Å². The van der Waals surface area contributed by atoms with Gasteiger partial charge >= 0.3 is 39.3 Å². The highest BCUT2D eigenvalue weighted by Crippen LogP contribution is 2.22. The molecule has 30 heavy (non-hydrogen) atoms. The first-order valence-electron chi connectivity index (χ1n) is 7.47. The van der Waals surface area contributed by atoms with Crippen molar-refractivity contribution < 1.29 is 59.1 Å². The van der Waals surface area contributed by atoms with Crippen molar-refractivity contribution in [2.24, 2.45) is 0 Å². The number of rotatable bonds is 11. The number of halogens is 4. The number of carbonyl (C=O) groups excluding carboxylic acids is 3. The SMILES string of the molecule is [CH]CC([CH])([CH])OC(=O)N(CCOC(=O)C([CH])(F)F)CCOC(=O)C(F)(F)S(=O)(=O)O. The van der Waals surface area contributed by atoms with Gasteiger partial charge in [0, 0.05) is 13.8 Å². The second-order valence-corrected chi connectivity index (χ2v) is 6.86. The molecule has 168 valence electrons. The van der Waals surface area contributed by atoms with Crippen LogP contribution >= 0.6 is 0 Å². The molecule has 0 spiro atoms. The van der Waals surface area contributed by atoms with Crippen molar-refractivity contribution in [2.45, 2.75) is 23.2 Å². The molecule has 1 amide bonds. The maximum absolute atomic E-state index is 13.1. The van der Waals surface area contributed by atoms with Crippen LogP contribution in [-0.2, 0) is 33.9 Å². The predicted octanol–water partition coefficient (Wildman–Crippen LogP) is 0.601. The van der Waals surface area contributed by atoms with Crippen LogP contribution < -0.4 is 0 Å². The first-order valence-corrected chi connectivity index (χ1v) is 8.91. The van der Waals surface area contributed by atoms with E-state index in [9.17, 15) is 40.4 Å². The Bertz CT molecular complexity index is 735. The van der Waals surface area contributed by atoms with Gasteiger partial charge in [0.05, 0.1) is 20.0 Å². The van der Waals surface area contributed by atoms with Crippen molar-refractivity contribution in [3.05, 3.63) is 27.7 Å². The highest BCUT2D eigenvalue weighted by molar-refractivity contribution is 7.87. The van der Waals surface area contributed by atoms with Crippen LogP contribution in [0, 0.1) is 27.7 Å². The number of ether oxygens (including phenoxy) is 3. The second-order valence-electron chi connectivity index (χ2n) is 5.40. The zero-order chi connectivity index (χ0) is 24.0. The number of amides is 1. The fourth-order valence-electron chi connectivity index (χ4n) is 1.35. The molecule has 0 aliphatic rings. The number of esters is 2. The summed E-state index contributed by atoms with van der Waals surface area (Å²) in [6.07, 6.45) is -2.03. The van der Waals surface area contributed by atoms with E-state index in [1.165, 1.54) is 0 Å². The molecule has 10 nitrogen and oxygen atoms in total.